The van der Waals surface area contributed by atoms with Crippen LogP contribution in [0.25, 0.3) is 6.08 Å². The SMILES string of the molecule is COc1ccc(Oc2nc(Oc3ccccc3)nc(Oc3ccccc3)n2)c(C=C(C)C)c1. The van der Waals surface area contributed by atoms with E-state index in [1.54, 1.807) is 37.4 Å². The predicted octanol–water partition coefficient (Wildman–Crippen LogP) is 6.68. The van der Waals surface area contributed by atoms with E-state index in [2.05, 4.69) is 15.0 Å². The molecule has 0 saturated carbocycles. The molecule has 7 heteroatoms. The Kier molecular flexibility index (Phi) is 6.80. The smallest absolute Gasteiger partial charge is 0.331 e. The molecule has 0 bridgehead atoms. The normalized spacial score (nSPS) is 10.3. The molecule has 33 heavy (non-hydrogen) atoms. The molecule has 0 N–H and O–H groups in total. The Morgan fingerprint density at radius 3 is 1.64 bits per heavy atom. The molecular weight excluding hydrogens is 418 g/mol. The van der Waals surface area contributed by atoms with Gasteiger partial charge in [0.05, 0.1) is 7.11 Å². The van der Waals surface area contributed by atoms with Crippen LogP contribution in [-0.2, 0) is 0 Å². The molecule has 0 amide bonds. The Hall–Kier alpha value is -4.39. The first-order valence-corrected chi connectivity index (χ1v) is 10.3. The average Bonchev–Trinajstić information content (AvgIpc) is 2.81. The zero-order valence-electron chi connectivity index (χ0n) is 18.6. The third-order valence-electron chi connectivity index (χ3n) is 4.34. The van der Waals surface area contributed by atoms with E-state index in [1.165, 1.54) is 0 Å². The van der Waals surface area contributed by atoms with Crippen molar-refractivity contribution in [3.8, 4) is 41.0 Å². The highest BCUT2D eigenvalue weighted by molar-refractivity contribution is 5.61. The van der Waals surface area contributed by atoms with E-state index >= 15 is 0 Å². The lowest BCUT2D eigenvalue weighted by molar-refractivity contribution is 0.361. The van der Waals surface area contributed by atoms with Gasteiger partial charge in [-0.1, -0.05) is 48.0 Å². The highest BCUT2D eigenvalue weighted by Gasteiger charge is 2.14. The van der Waals surface area contributed by atoms with Crippen LogP contribution in [0.2, 0.25) is 0 Å². The maximum absolute atomic E-state index is 6.04. The Labute approximate surface area is 192 Å². The van der Waals surface area contributed by atoms with Crippen LogP contribution >= 0.6 is 0 Å². The van der Waals surface area contributed by atoms with Gasteiger partial charge in [-0.25, -0.2) is 0 Å². The maximum atomic E-state index is 6.04. The topological polar surface area (TPSA) is 75.6 Å². The van der Waals surface area contributed by atoms with Crippen molar-refractivity contribution in [3.05, 3.63) is 90.0 Å². The van der Waals surface area contributed by atoms with Crippen LogP contribution in [0.4, 0.5) is 0 Å². The van der Waals surface area contributed by atoms with Crippen molar-refractivity contribution in [1.29, 1.82) is 0 Å². The van der Waals surface area contributed by atoms with E-state index in [1.807, 2.05) is 68.5 Å². The second-order valence-electron chi connectivity index (χ2n) is 7.24. The molecule has 4 aromatic rings. The standard InChI is InChI=1S/C26H23N3O4/c1-18(2)16-19-17-22(30-3)14-15-23(19)33-26-28-24(31-20-10-6-4-7-11-20)27-25(29-26)32-21-12-8-5-9-13-21/h4-17H,1-3H3. The molecule has 0 atom stereocenters. The number of aromatic nitrogens is 3. The second kappa shape index (κ2) is 10.3. The number of hydrogen-bond donors (Lipinski definition) is 0. The zero-order valence-corrected chi connectivity index (χ0v) is 18.6. The van der Waals surface area contributed by atoms with Crippen molar-refractivity contribution in [2.45, 2.75) is 13.8 Å². The highest BCUT2D eigenvalue weighted by atomic mass is 16.5. The molecule has 0 fully saturated rings. The quantitative estimate of drug-likeness (QED) is 0.302. The second-order valence-corrected chi connectivity index (χ2v) is 7.24. The van der Waals surface area contributed by atoms with Crippen molar-refractivity contribution in [3.63, 3.8) is 0 Å². The first-order valence-electron chi connectivity index (χ1n) is 10.3. The molecule has 166 valence electrons. The van der Waals surface area contributed by atoms with Crippen molar-refractivity contribution in [2.75, 3.05) is 7.11 Å². The van der Waals surface area contributed by atoms with E-state index in [0.29, 0.717) is 23.0 Å². The summed E-state index contributed by atoms with van der Waals surface area (Å²) in [6.45, 7) is 4.01. The van der Waals surface area contributed by atoms with E-state index < -0.39 is 0 Å². The molecule has 0 radical (unpaired) electrons. The van der Waals surface area contributed by atoms with Gasteiger partial charge in [0.15, 0.2) is 0 Å². The summed E-state index contributed by atoms with van der Waals surface area (Å²) in [5.41, 5.74) is 1.93. The fourth-order valence-corrected chi connectivity index (χ4v) is 2.91. The molecule has 3 aromatic carbocycles. The number of allylic oxidation sites excluding steroid dienone is 1. The summed E-state index contributed by atoms with van der Waals surface area (Å²) in [4.78, 5) is 12.9. The average molecular weight is 441 g/mol. The number of ether oxygens (including phenoxy) is 4. The summed E-state index contributed by atoms with van der Waals surface area (Å²) in [6.07, 6.45) is 1.99. The molecule has 1 heterocycles. The maximum Gasteiger partial charge on any atom is 0.331 e. The first kappa shape index (κ1) is 21.8. The molecule has 1 aromatic heterocycles. The van der Waals surface area contributed by atoms with Gasteiger partial charge < -0.3 is 18.9 Å². The Bertz CT molecular complexity index is 1180. The molecular formula is C26H23N3O4. The lowest BCUT2D eigenvalue weighted by Crippen LogP contribution is -2.02. The number of hydrogen-bond acceptors (Lipinski definition) is 7. The van der Waals surface area contributed by atoms with Gasteiger partial charge in [-0.05, 0) is 56.3 Å². The molecule has 0 unspecified atom stereocenters. The van der Waals surface area contributed by atoms with Crippen LogP contribution in [0.5, 0.6) is 41.0 Å². The fraction of sp³-hybridized carbons (Fsp3) is 0.115. The zero-order chi connectivity index (χ0) is 23.0. The van der Waals surface area contributed by atoms with Gasteiger partial charge in [-0.3, -0.25) is 0 Å². The predicted molar refractivity (Wildman–Crippen MR) is 125 cm³/mol. The van der Waals surface area contributed by atoms with E-state index in [9.17, 15) is 0 Å². The lowest BCUT2D eigenvalue weighted by atomic mass is 10.1. The minimum absolute atomic E-state index is 0.0374. The number of nitrogens with zero attached hydrogens (tertiary/aromatic N) is 3. The van der Waals surface area contributed by atoms with Crippen LogP contribution in [0.1, 0.15) is 19.4 Å². The van der Waals surface area contributed by atoms with E-state index in [0.717, 1.165) is 11.1 Å². The largest absolute Gasteiger partial charge is 0.497 e. The Morgan fingerprint density at radius 1 is 0.636 bits per heavy atom. The minimum Gasteiger partial charge on any atom is -0.497 e. The third-order valence-corrected chi connectivity index (χ3v) is 4.34. The van der Waals surface area contributed by atoms with Crippen LogP contribution in [0.3, 0.4) is 0 Å². The summed E-state index contributed by atoms with van der Waals surface area (Å²) in [6, 6.07) is 24.1. The molecule has 4 rings (SSSR count). The van der Waals surface area contributed by atoms with Gasteiger partial charge in [0.2, 0.25) is 0 Å². The molecule has 0 saturated heterocycles. The van der Waals surface area contributed by atoms with Crippen LogP contribution in [0, 0.1) is 0 Å². The van der Waals surface area contributed by atoms with Crippen LogP contribution < -0.4 is 18.9 Å². The van der Waals surface area contributed by atoms with Gasteiger partial charge in [0.1, 0.15) is 23.0 Å². The highest BCUT2D eigenvalue weighted by Crippen LogP contribution is 2.31. The van der Waals surface area contributed by atoms with Crippen molar-refractivity contribution >= 4 is 6.08 Å². The van der Waals surface area contributed by atoms with Crippen LogP contribution in [-0.4, -0.2) is 22.1 Å². The summed E-state index contributed by atoms with van der Waals surface area (Å²) < 4.78 is 23.0. The van der Waals surface area contributed by atoms with Crippen LogP contribution in [0.15, 0.2) is 84.4 Å². The summed E-state index contributed by atoms with van der Waals surface area (Å²) >= 11 is 0. The minimum atomic E-state index is 0.0374. The third kappa shape index (κ3) is 6.07. The molecule has 0 aliphatic heterocycles. The van der Waals surface area contributed by atoms with Crippen molar-refractivity contribution in [1.82, 2.24) is 15.0 Å². The molecule has 0 aliphatic carbocycles. The first-order chi connectivity index (χ1) is 16.1. The number of benzene rings is 3. The number of para-hydroxylation sites is 2. The van der Waals surface area contributed by atoms with E-state index in [-0.39, 0.29) is 18.0 Å². The molecule has 7 nitrogen and oxygen atoms in total. The van der Waals surface area contributed by atoms with Gasteiger partial charge >= 0.3 is 18.0 Å². The summed E-state index contributed by atoms with van der Waals surface area (Å²) in [5, 5.41) is 0. The van der Waals surface area contributed by atoms with Gasteiger partial charge in [0, 0.05) is 5.56 Å². The lowest BCUT2D eigenvalue weighted by Gasteiger charge is -2.12. The van der Waals surface area contributed by atoms with Gasteiger partial charge in [-0.15, -0.1) is 15.0 Å². The fourth-order valence-electron chi connectivity index (χ4n) is 2.91. The van der Waals surface area contributed by atoms with Crippen molar-refractivity contribution < 1.29 is 18.9 Å². The molecule has 0 spiro atoms. The summed E-state index contributed by atoms with van der Waals surface area (Å²) in [5.74, 6) is 2.43. The summed E-state index contributed by atoms with van der Waals surface area (Å²) in [7, 11) is 1.62. The Balaban J connectivity index is 1.70. The van der Waals surface area contributed by atoms with Gasteiger partial charge in [-0.2, -0.15) is 0 Å². The van der Waals surface area contributed by atoms with Crippen molar-refractivity contribution in [2.24, 2.45) is 0 Å². The monoisotopic (exact) mass is 441 g/mol. The number of methoxy groups -OCH3 is 1. The van der Waals surface area contributed by atoms with E-state index in [4.69, 9.17) is 18.9 Å². The Morgan fingerprint density at radius 2 is 1.15 bits per heavy atom. The number of rotatable bonds is 8. The molecule has 0 aliphatic rings. The van der Waals surface area contributed by atoms with Gasteiger partial charge in [0.25, 0.3) is 0 Å².